The van der Waals surface area contributed by atoms with Crippen molar-refractivity contribution in [1.82, 2.24) is 5.32 Å². The molecule has 14 heavy (non-hydrogen) atoms. The van der Waals surface area contributed by atoms with Crippen LogP contribution in [0.5, 0.6) is 0 Å². The molecule has 0 saturated heterocycles. The number of rotatable bonds is 6. The first-order valence-electron chi connectivity index (χ1n) is 6.21. The maximum atomic E-state index is 3.65. The molecule has 0 aromatic rings. The van der Waals surface area contributed by atoms with Crippen molar-refractivity contribution in [2.75, 3.05) is 12.3 Å². The van der Waals surface area contributed by atoms with Crippen LogP contribution in [0.25, 0.3) is 0 Å². The van der Waals surface area contributed by atoms with Crippen molar-refractivity contribution in [1.29, 1.82) is 0 Å². The molecular formula is C12H23NS. The summed E-state index contributed by atoms with van der Waals surface area (Å²) in [4.78, 5) is 0. The molecule has 2 aliphatic carbocycles. The number of hydrogen-bond acceptors (Lipinski definition) is 2. The molecule has 2 fully saturated rings. The fourth-order valence-electron chi connectivity index (χ4n) is 2.33. The van der Waals surface area contributed by atoms with Gasteiger partial charge in [0.05, 0.1) is 0 Å². The first-order chi connectivity index (χ1) is 6.86. The van der Waals surface area contributed by atoms with Gasteiger partial charge in [0, 0.05) is 23.6 Å². The second-order valence-electron chi connectivity index (χ2n) is 4.86. The van der Waals surface area contributed by atoms with Crippen molar-refractivity contribution < 1.29 is 0 Å². The average molecular weight is 213 g/mol. The van der Waals surface area contributed by atoms with Gasteiger partial charge in [0.15, 0.2) is 0 Å². The fourth-order valence-corrected chi connectivity index (χ4v) is 3.57. The molecule has 2 saturated carbocycles. The molecule has 0 bridgehead atoms. The Balaban J connectivity index is 1.46. The van der Waals surface area contributed by atoms with Gasteiger partial charge < -0.3 is 5.32 Å². The second kappa shape index (κ2) is 5.41. The van der Waals surface area contributed by atoms with Gasteiger partial charge in [-0.25, -0.2) is 0 Å². The van der Waals surface area contributed by atoms with Crippen LogP contribution in [0.3, 0.4) is 0 Å². The van der Waals surface area contributed by atoms with E-state index in [1.807, 2.05) is 0 Å². The van der Waals surface area contributed by atoms with Crippen molar-refractivity contribution in [3.05, 3.63) is 0 Å². The molecule has 1 N–H and O–H groups in total. The van der Waals surface area contributed by atoms with Gasteiger partial charge >= 0.3 is 0 Å². The molecule has 0 spiro atoms. The van der Waals surface area contributed by atoms with E-state index in [1.54, 1.807) is 0 Å². The summed E-state index contributed by atoms with van der Waals surface area (Å²) < 4.78 is 0. The molecule has 0 heterocycles. The van der Waals surface area contributed by atoms with Gasteiger partial charge in [-0.05, 0) is 38.5 Å². The Morgan fingerprint density at radius 2 is 1.93 bits per heavy atom. The third-order valence-corrected chi connectivity index (χ3v) is 4.94. The number of thioether (sulfide) groups is 1. The van der Waals surface area contributed by atoms with E-state index in [0.717, 1.165) is 17.2 Å². The van der Waals surface area contributed by atoms with E-state index < -0.39 is 0 Å². The monoisotopic (exact) mass is 213 g/mol. The van der Waals surface area contributed by atoms with Gasteiger partial charge in [-0.3, -0.25) is 0 Å². The molecule has 1 unspecified atom stereocenters. The molecular weight excluding hydrogens is 190 g/mol. The van der Waals surface area contributed by atoms with Crippen LogP contribution >= 0.6 is 11.8 Å². The van der Waals surface area contributed by atoms with Crippen molar-refractivity contribution in [2.45, 2.75) is 56.7 Å². The molecule has 0 aromatic carbocycles. The van der Waals surface area contributed by atoms with E-state index in [2.05, 4.69) is 24.0 Å². The lowest BCUT2D eigenvalue weighted by molar-refractivity contribution is 0.514. The lowest BCUT2D eigenvalue weighted by atomic mass is 10.2. The van der Waals surface area contributed by atoms with E-state index in [1.165, 1.54) is 50.8 Å². The Morgan fingerprint density at radius 1 is 1.21 bits per heavy atom. The zero-order valence-corrected chi connectivity index (χ0v) is 10.1. The first kappa shape index (κ1) is 10.8. The van der Waals surface area contributed by atoms with Crippen LogP contribution < -0.4 is 5.32 Å². The fraction of sp³-hybridized carbons (Fsp3) is 1.00. The summed E-state index contributed by atoms with van der Waals surface area (Å²) in [6, 6.07) is 0.777. The third kappa shape index (κ3) is 3.47. The van der Waals surface area contributed by atoms with Crippen molar-refractivity contribution >= 4 is 11.8 Å². The Labute approximate surface area is 92.4 Å². The predicted octanol–water partition coefficient (Wildman–Crippen LogP) is 3.05. The van der Waals surface area contributed by atoms with Crippen LogP contribution in [0.4, 0.5) is 0 Å². The summed E-state index contributed by atoms with van der Waals surface area (Å²) in [6.07, 6.45) is 8.83. The van der Waals surface area contributed by atoms with Crippen LogP contribution in [-0.4, -0.2) is 23.6 Å². The quantitative estimate of drug-likeness (QED) is 0.681. The normalized spacial score (nSPS) is 25.5. The summed E-state index contributed by atoms with van der Waals surface area (Å²) in [5.74, 6) is 2.33. The van der Waals surface area contributed by atoms with E-state index in [-0.39, 0.29) is 0 Å². The second-order valence-corrected chi connectivity index (χ2v) is 6.27. The molecule has 1 nitrogen and oxygen atoms in total. The van der Waals surface area contributed by atoms with Crippen LogP contribution in [0.2, 0.25) is 0 Å². The minimum atomic E-state index is 0.777. The minimum absolute atomic E-state index is 0.777. The highest BCUT2D eigenvalue weighted by Crippen LogP contribution is 2.32. The van der Waals surface area contributed by atoms with Gasteiger partial charge in [0.1, 0.15) is 0 Å². The van der Waals surface area contributed by atoms with Crippen LogP contribution in [0.1, 0.15) is 45.4 Å². The highest BCUT2D eigenvalue weighted by molar-refractivity contribution is 7.99. The summed E-state index contributed by atoms with van der Waals surface area (Å²) in [7, 11) is 0. The SMILES string of the molecule is CC(NCCSC1CCCC1)C1CC1. The Kier molecular flexibility index (Phi) is 4.18. The molecule has 0 aliphatic heterocycles. The van der Waals surface area contributed by atoms with E-state index in [9.17, 15) is 0 Å². The predicted molar refractivity (Wildman–Crippen MR) is 64.9 cm³/mol. The summed E-state index contributed by atoms with van der Waals surface area (Å²) in [5.41, 5.74) is 0. The summed E-state index contributed by atoms with van der Waals surface area (Å²) in [6.45, 7) is 3.57. The van der Waals surface area contributed by atoms with Gasteiger partial charge in [0.25, 0.3) is 0 Å². The smallest absolute Gasteiger partial charge is 0.00673 e. The first-order valence-corrected chi connectivity index (χ1v) is 7.26. The van der Waals surface area contributed by atoms with Crippen LogP contribution in [0.15, 0.2) is 0 Å². The van der Waals surface area contributed by atoms with Crippen LogP contribution in [-0.2, 0) is 0 Å². The maximum absolute atomic E-state index is 3.65. The Hall–Kier alpha value is 0.310. The standard InChI is InChI=1S/C12H23NS/c1-10(11-6-7-11)13-8-9-14-12-4-2-3-5-12/h10-13H,2-9H2,1H3. The Morgan fingerprint density at radius 3 is 2.57 bits per heavy atom. The maximum Gasteiger partial charge on any atom is 0.00673 e. The van der Waals surface area contributed by atoms with Crippen molar-refractivity contribution in [3.8, 4) is 0 Å². The lowest BCUT2D eigenvalue weighted by Gasteiger charge is -2.13. The van der Waals surface area contributed by atoms with Crippen LogP contribution in [0, 0.1) is 5.92 Å². The molecule has 0 amide bonds. The third-order valence-electron chi connectivity index (χ3n) is 3.55. The highest BCUT2D eigenvalue weighted by Gasteiger charge is 2.27. The zero-order valence-electron chi connectivity index (χ0n) is 9.30. The van der Waals surface area contributed by atoms with E-state index >= 15 is 0 Å². The van der Waals surface area contributed by atoms with E-state index in [0.29, 0.717) is 0 Å². The molecule has 1 atom stereocenters. The van der Waals surface area contributed by atoms with Gasteiger partial charge in [0.2, 0.25) is 0 Å². The highest BCUT2D eigenvalue weighted by atomic mass is 32.2. The molecule has 2 aliphatic rings. The minimum Gasteiger partial charge on any atom is -0.313 e. The summed E-state index contributed by atoms with van der Waals surface area (Å²) in [5, 5.41) is 4.64. The molecule has 0 aromatic heterocycles. The lowest BCUT2D eigenvalue weighted by Crippen LogP contribution is -2.30. The molecule has 82 valence electrons. The van der Waals surface area contributed by atoms with Crippen molar-refractivity contribution in [3.63, 3.8) is 0 Å². The molecule has 2 rings (SSSR count). The number of nitrogens with one attached hydrogen (secondary N) is 1. The average Bonchev–Trinajstić information content (AvgIpc) is 2.92. The topological polar surface area (TPSA) is 12.0 Å². The number of hydrogen-bond donors (Lipinski definition) is 1. The molecule has 2 heteroatoms. The van der Waals surface area contributed by atoms with Gasteiger partial charge in [-0.1, -0.05) is 12.8 Å². The van der Waals surface area contributed by atoms with Gasteiger partial charge in [-0.15, -0.1) is 0 Å². The van der Waals surface area contributed by atoms with Crippen molar-refractivity contribution in [2.24, 2.45) is 5.92 Å². The van der Waals surface area contributed by atoms with E-state index in [4.69, 9.17) is 0 Å². The Bertz CT molecular complexity index is 158. The zero-order chi connectivity index (χ0) is 9.80. The summed E-state index contributed by atoms with van der Waals surface area (Å²) >= 11 is 2.20. The largest absolute Gasteiger partial charge is 0.313 e. The molecule has 0 radical (unpaired) electrons. The van der Waals surface area contributed by atoms with Gasteiger partial charge in [-0.2, -0.15) is 11.8 Å².